The summed E-state index contributed by atoms with van der Waals surface area (Å²) < 4.78 is 2.13. The van der Waals surface area contributed by atoms with Crippen molar-refractivity contribution in [3.8, 4) is 67.8 Å². The van der Waals surface area contributed by atoms with Gasteiger partial charge in [0.15, 0.2) is 17.5 Å². The third-order valence-corrected chi connectivity index (χ3v) is 11.8. The van der Waals surface area contributed by atoms with Crippen LogP contribution in [0.15, 0.2) is 212 Å². The van der Waals surface area contributed by atoms with Crippen LogP contribution < -0.4 is 0 Å². The monoisotopic (exact) mass is 777 g/mol. The van der Waals surface area contributed by atoms with Crippen LogP contribution in [0.4, 0.5) is 0 Å². The molecule has 0 saturated carbocycles. The molecule has 5 heteroatoms. The first kappa shape index (κ1) is 34.7. The highest BCUT2D eigenvalue weighted by Gasteiger charge is 2.22. The van der Waals surface area contributed by atoms with Gasteiger partial charge in [0.2, 0.25) is 0 Å². The van der Waals surface area contributed by atoms with Gasteiger partial charge in [-0.25, -0.2) is 19.5 Å². The van der Waals surface area contributed by atoms with Crippen molar-refractivity contribution < 1.29 is 0 Å². The van der Waals surface area contributed by atoms with Crippen molar-refractivity contribution >= 4 is 48.6 Å². The second-order valence-electron chi connectivity index (χ2n) is 15.4. The Bertz CT molecular complexity index is 3580. The minimum Gasteiger partial charge on any atom is -0.231 e. The molecule has 0 bridgehead atoms. The van der Waals surface area contributed by atoms with E-state index in [9.17, 15) is 0 Å². The van der Waals surface area contributed by atoms with Crippen molar-refractivity contribution in [1.82, 2.24) is 24.6 Å². The zero-order valence-electron chi connectivity index (χ0n) is 32.9. The SMILES string of the molecule is c1ccc(-c2nc(-c3ccc(-c4c(-c5ccccc5)nn5c(-c6ccccc6)cc6ccccc6c45)cc3)nc(-c3ccc4c5ccccc5c5ccccc5c4c3)n2)cc1. The van der Waals surface area contributed by atoms with Crippen LogP contribution in [0.1, 0.15) is 0 Å². The molecule has 284 valence electrons. The largest absolute Gasteiger partial charge is 0.231 e. The van der Waals surface area contributed by atoms with E-state index in [2.05, 4.69) is 193 Å². The lowest BCUT2D eigenvalue weighted by Gasteiger charge is -2.13. The van der Waals surface area contributed by atoms with E-state index in [0.717, 1.165) is 66.6 Å². The summed E-state index contributed by atoms with van der Waals surface area (Å²) in [7, 11) is 0. The number of hydrogen-bond donors (Lipinski definition) is 0. The predicted molar refractivity (Wildman–Crippen MR) is 251 cm³/mol. The van der Waals surface area contributed by atoms with Crippen LogP contribution in [0.25, 0.3) is 116 Å². The molecule has 0 amide bonds. The molecule has 0 N–H and O–H groups in total. The molecular formula is C56H35N5. The van der Waals surface area contributed by atoms with Crippen LogP contribution >= 0.6 is 0 Å². The zero-order chi connectivity index (χ0) is 40.3. The second-order valence-corrected chi connectivity index (χ2v) is 15.4. The van der Waals surface area contributed by atoms with Crippen molar-refractivity contribution in [1.29, 1.82) is 0 Å². The molecule has 0 atom stereocenters. The number of nitrogens with zero attached hydrogens (tertiary/aromatic N) is 5. The van der Waals surface area contributed by atoms with E-state index in [4.69, 9.17) is 20.1 Å². The topological polar surface area (TPSA) is 56.0 Å². The number of aromatic nitrogens is 5. The van der Waals surface area contributed by atoms with Crippen LogP contribution in [0.2, 0.25) is 0 Å². The highest BCUT2D eigenvalue weighted by Crippen LogP contribution is 2.42. The Morgan fingerprint density at radius 2 is 0.721 bits per heavy atom. The van der Waals surface area contributed by atoms with Gasteiger partial charge in [-0.3, -0.25) is 0 Å². The fourth-order valence-electron chi connectivity index (χ4n) is 8.96. The summed E-state index contributed by atoms with van der Waals surface area (Å²) in [4.78, 5) is 15.4. The molecule has 0 spiro atoms. The van der Waals surface area contributed by atoms with Crippen molar-refractivity contribution in [3.05, 3.63) is 212 Å². The maximum absolute atomic E-state index is 5.40. The third-order valence-electron chi connectivity index (χ3n) is 11.8. The lowest BCUT2D eigenvalue weighted by Crippen LogP contribution is -2.00. The lowest BCUT2D eigenvalue weighted by atomic mass is 9.93. The van der Waals surface area contributed by atoms with Crippen molar-refractivity contribution in [2.45, 2.75) is 0 Å². The molecule has 0 aliphatic carbocycles. The van der Waals surface area contributed by atoms with Crippen molar-refractivity contribution in [2.24, 2.45) is 0 Å². The van der Waals surface area contributed by atoms with E-state index in [1.165, 1.54) is 32.3 Å². The summed E-state index contributed by atoms with van der Waals surface area (Å²) in [6, 6.07) is 74.5. The first-order valence-electron chi connectivity index (χ1n) is 20.6. The molecule has 0 aliphatic rings. The molecule has 61 heavy (non-hydrogen) atoms. The van der Waals surface area contributed by atoms with Gasteiger partial charge in [0, 0.05) is 38.8 Å². The predicted octanol–water partition coefficient (Wildman–Crippen LogP) is 14.1. The lowest BCUT2D eigenvalue weighted by molar-refractivity contribution is 0.979. The number of rotatable bonds is 6. The van der Waals surface area contributed by atoms with E-state index in [-0.39, 0.29) is 0 Å². The van der Waals surface area contributed by atoms with Crippen molar-refractivity contribution in [2.75, 3.05) is 0 Å². The van der Waals surface area contributed by atoms with E-state index >= 15 is 0 Å². The molecule has 0 fully saturated rings. The van der Waals surface area contributed by atoms with E-state index in [1.54, 1.807) is 0 Å². The molecule has 12 aromatic rings. The van der Waals surface area contributed by atoms with Gasteiger partial charge in [-0.1, -0.05) is 200 Å². The molecule has 5 nitrogen and oxygen atoms in total. The van der Waals surface area contributed by atoms with Crippen LogP contribution in [0.3, 0.4) is 0 Å². The molecule has 0 unspecified atom stereocenters. The van der Waals surface area contributed by atoms with Gasteiger partial charge >= 0.3 is 0 Å². The van der Waals surface area contributed by atoms with Crippen LogP contribution in [-0.2, 0) is 0 Å². The summed E-state index contributed by atoms with van der Waals surface area (Å²) in [5.74, 6) is 1.86. The standard InChI is InChI=1S/C56H35N5/c1-4-16-36(17-5-1)50-35-41-22-10-11-23-43(41)53-51(52(60-61(50)53)38-18-6-2-7-19-38)37-28-30-40(31-29-37)55-57-54(39-20-8-3-9-21-39)58-56(59-55)42-32-33-48-46-26-13-12-24-44(46)45-25-14-15-27-47(45)49(48)34-42/h1-35H. The highest BCUT2D eigenvalue weighted by molar-refractivity contribution is 6.25. The van der Waals surface area contributed by atoms with E-state index in [1.807, 2.05) is 24.3 Å². The summed E-state index contributed by atoms with van der Waals surface area (Å²) in [6.07, 6.45) is 0. The van der Waals surface area contributed by atoms with Gasteiger partial charge in [-0.15, -0.1) is 0 Å². The Morgan fingerprint density at radius 3 is 1.33 bits per heavy atom. The Morgan fingerprint density at radius 1 is 0.295 bits per heavy atom. The fraction of sp³-hybridized carbons (Fsp3) is 0. The van der Waals surface area contributed by atoms with Crippen molar-refractivity contribution in [3.63, 3.8) is 0 Å². The Hall–Kier alpha value is -8.28. The number of pyridine rings is 1. The molecule has 3 heterocycles. The normalized spacial score (nSPS) is 11.6. The fourth-order valence-corrected chi connectivity index (χ4v) is 8.96. The molecule has 3 aromatic heterocycles. The highest BCUT2D eigenvalue weighted by atomic mass is 15.2. The molecule has 0 saturated heterocycles. The number of benzene rings is 9. The minimum atomic E-state index is 0.610. The maximum Gasteiger partial charge on any atom is 0.164 e. The average Bonchev–Trinajstić information content (AvgIpc) is 3.76. The first-order chi connectivity index (χ1) is 30.2. The smallest absolute Gasteiger partial charge is 0.164 e. The quantitative estimate of drug-likeness (QED) is 0.158. The summed E-state index contributed by atoms with van der Waals surface area (Å²) >= 11 is 0. The number of fused-ring (bicyclic) bond motifs is 9. The van der Waals surface area contributed by atoms with Gasteiger partial charge in [-0.2, -0.15) is 5.10 Å². The zero-order valence-corrected chi connectivity index (χ0v) is 32.9. The minimum absolute atomic E-state index is 0.610. The van der Waals surface area contributed by atoms with E-state index in [0.29, 0.717) is 17.5 Å². The molecule has 9 aromatic carbocycles. The Kier molecular flexibility index (Phi) is 8.10. The second kappa shape index (κ2) is 14.2. The van der Waals surface area contributed by atoms with Crippen LogP contribution in [0, 0.1) is 0 Å². The van der Waals surface area contributed by atoms with Crippen LogP contribution in [-0.4, -0.2) is 24.6 Å². The molecule has 0 radical (unpaired) electrons. The summed E-state index contributed by atoms with van der Waals surface area (Å²) in [6.45, 7) is 0. The van der Waals surface area contributed by atoms with Gasteiger partial charge in [0.1, 0.15) is 5.69 Å². The molecule has 12 rings (SSSR count). The average molecular weight is 778 g/mol. The Balaban J connectivity index is 1.04. The first-order valence-corrected chi connectivity index (χ1v) is 20.6. The summed E-state index contributed by atoms with van der Waals surface area (Å²) in [5, 5.41) is 15.0. The van der Waals surface area contributed by atoms with Gasteiger partial charge < -0.3 is 0 Å². The summed E-state index contributed by atoms with van der Waals surface area (Å²) in [5.41, 5.74) is 10.1. The third kappa shape index (κ3) is 5.86. The van der Waals surface area contributed by atoms with Gasteiger partial charge in [-0.05, 0) is 55.4 Å². The van der Waals surface area contributed by atoms with Gasteiger partial charge in [0.05, 0.1) is 11.2 Å². The Labute approximate surface area is 351 Å². The molecular weight excluding hydrogens is 743 g/mol. The molecule has 0 aliphatic heterocycles. The van der Waals surface area contributed by atoms with Gasteiger partial charge in [0.25, 0.3) is 0 Å². The van der Waals surface area contributed by atoms with Crippen LogP contribution in [0.5, 0.6) is 0 Å². The maximum atomic E-state index is 5.40. The number of hydrogen-bond acceptors (Lipinski definition) is 4. The van der Waals surface area contributed by atoms with E-state index < -0.39 is 0 Å².